The minimum Gasteiger partial charge on any atom is -0.351 e. The first-order chi connectivity index (χ1) is 14.0. The van der Waals surface area contributed by atoms with Crippen LogP contribution in [0.5, 0.6) is 0 Å². The van der Waals surface area contributed by atoms with E-state index < -0.39 is 0 Å². The summed E-state index contributed by atoms with van der Waals surface area (Å²) in [5, 5.41) is 17.3. The van der Waals surface area contributed by atoms with Crippen LogP contribution < -0.4 is 10.5 Å². The van der Waals surface area contributed by atoms with Crippen LogP contribution in [-0.2, 0) is 7.05 Å². The van der Waals surface area contributed by atoms with Gasteiger partial charge in [0.15, 0.2) is 11.5 Å². The molecule has 0 radical (unpaired) electrons. The fraction of sp³-hybridized carbons (Fsp3) is 0.474. The van der Waals surface area contributed by atoms with Crippen molar-refractivity contribution in [2.24, 2.45) is 7.05 Å². The standard InChI is InChI=1S/C19H22N8O2/c1-24(19(29)14-6-9-17(28)25(2)22-14)13-10-26(11-13)16-8-7-15-20-21-18(27(15)23-16)12-4-3-5-12/h6-9,12-13H,3-5,10-11H2,1-2H3. The van der Waals surface area contributed by atoms with E-state index in [1.165, 1.54) is 30.3 Å². The number of amides is 1. The fourth-order valence-electron chi connectivity index (χ4n) is 3.74. The van der Waals surface area contributed by atoms with Gasteiger partial charge in [0, 0.05) is 39.2 Å². The molecule has 1 aliphatic heterocycles. The van der Waals surface area contributed by atoms with E-state index in [-0.39, 0.29) is 23.2 Å². The molecule has 1 aliphatic carbocycles. The summed E-state index contributed by atoms with van der Waals surface area (Å²) in [6, 6.07) is 6.78. The van der Waals surface area contributed by atoms with Gasteiger partial charge in [-0.25, -0.2) is 4.68 Å². The maximum atomic E-state index is 12.7. The molecular weight excluding hydrogens is 372 g/mol. The van der Waals surface area contributed by atoms with Gasteiger partial charge >= 0.3 is 0 Å². The molecule has 0 bridgehead atoms. The summed E-state index contributed by atoms with van der Waals surface area (Å²) >= 11 is 0. The average molecular weight is 394 g/mol. The molecule has 0 unspecified atom stereocenters. The van der Waals surface area contributed by atoms with E-state index in [2.05, 4.69) is 20.2 Å². The number of aryl methyl sites for hydroxylation is 1. The van der Waals surface area contributed by atoms with E-state index >= 15 is 0 Å². The first kappa shape index (κ1) is 17.8. The van der Waals surface area contributed by atoms with Crippen LogP contribution in [0, 0.1) is 0 Å². The molecule has 3 aromatic heterocycles. The van der Waals surface area contributed by atoms with Crippen LogP contribution >= 0.6 is 0 Å². The molecule has 0 N–H and O–H groups in total. The molecule has 3 aromatic rings. The number of rotatable bonds is 4. The van der Waals surface area contributed by atoms with Crippen LogP contribution in [0.15, 0.2) is 29.1 Å². The Morgan fingerprint density at radius 2 is 1.90 bits per heavy atom. The van der Waals surface area contributed by atoms with Crippen LogP contribution in [0.4, 0.5) is 5.82 Å². The van der Waals surface area contributed by atoms with Crippen molar-refractivity contribution >= 4 is 17.4 Å². The number of anilines is 1. The molecular formula is C19H22N8O2. The van der Waals surface area contributed by atoms with Crippen molar-refractivity contribution in [2.45, 2.75) is 31.2 Å². The summed E-state index contributed by atoms with van der Waals surface area (Å²) in [4.78, 5) is 28.0. The lowest BCUT2D eigenvalue weighted by molar-refractivity contribution is 0.0696. The van der Waals surface area contributed by atoms with E-state index in [0.29, 0.717) is 19.0 Å². The highest BCUT2D eigenvalue weighted by molar-refractivity contribution is 5.92. The highest BCUT2D eigenvalue weighted by Gasteiger charge is 2.34. The SMILES string of the molecule is CN(C(=O)c1ccc(=O)n(C)n1)C1CN(c2ccc3nnc(C4CCC4)n3n2)C1. The number of aromatic nitrogens is 6. The molecule has 0 spiro atoms. The predicted octanol–water partition coefficient (Wildman–Crippen LogP) is 0.446. The van der Waals surface area contributed by atoms with Gasteiger partial charge in [0.2, 0.25) is 0 Å². The van der Waals surface area contributed by atoms with Gasteiger partial charge in [0.25, 0.3) is 11.5 Å². The zero-order valence-corrected chi connectivity index (χ0v) is 16.4. The zero-order chi connectivity index (χ0) is 20.1. The maximum absolute atomic E-state index is 12.7. The topological polar surface area (TPSA) is 102 Å². The van der Waals surface area contributed by atoms with E-state index in [1.807, 2.05) is 16.6 Å². The molecule has 1 saturated carbocycles. The zero-order valence-electron chi connectivity index (χ0n) is 16.4. The summed E-state index contributed by atoms with van der Waals surface area (Å²) in [6.45, 7) is 1.38. The summed E-state index contributed by atoms with van der Waals surface area (Å²) in [6.07, 6.45) is 3.52. The summed E-state index contributed by atoms with van der Waals surface area (Å²) in [5.74, 6) is 2.06. The Bertz CT molecular complexity index is 1140. The highest BCUT2D eigenvalue weighted by atomic mass is 16.2. The van der Waals surface area contributed by atoms with Crippen molar-refractivity contribution in [3.8, 4) is 0 Å². The number of hydrogen-bond acceptors (Lipinski definition) is 7. The summed E-state index contributed by atoms with van der Waals surface area (Å²) in [5.41, 5.74) is 0.791. The summed E-state index contributed by atoms with van der Waals surface area (Å²) < 4.78 is 3.03. The van der Waals surface area contributed by atoms with E-state index in [1.54, 1.807) is 11.9 Å². The number of fused-ring (bicyclic) bond motifs is 1. The Balaban J connectivity index is 1.29. The molecule has 5 rings (SSSR count). The number of likely N-dealkylation sites (N-methyl/N-ethyl adjacent to an activating group) is 1. The Labute approximate surface area is 166 Å². The summed E-state index contributed by atoms with van der Waals surface area (Å²) in [7, 11) is 3.30. The first-order valence-corrected chi connectivity index (χ1v) is 9.80. The monoisotopic (exact) mass is 394 g/mol. The Morgan fingerprint density at radius 1 is 1.10 bits per heavy atom. The van der Waals surface area contributed by atoms with E-state index in [9.17, 15) is 9.59 Å². The average Bonchev–Trinajstić information content (AvgIpc) is 3.04. The van der Waals surface area contributed by atoms with Gasteiger partial charge in [-0.05, 0) is 31.0 Å². The van der Waals surface area contributed by atoms with Gasteiger partial charge in [-0.15, -0.1) is 15.3 Å². The van der Waals surface area contributed by atoms with Crippen LogP contribution in [0.2, 0.25) is 0 Å². The molecule has 4 heterocycles. The smallest absolute Gasteiger partial charge is 0.274 e. The van der Waals surface area contributed by atoms with Gasteiger partial charge in [0.05, 0.1) is 6.04 Å². The predicted molar refractivity (Wildman–Crippen MR) is 105 cm³/mol. The molecule has 2 fully saturated rings. The lowest BCUT2D eigenvalue weighted by Gasteiger charge is -2.44. The van der Waals surface area contributed by atoms with Crippen molar-refractivity contribution in [3.63, 3.8) is 0 Å². The van der Waals surface area contributed by atoms with Gasteiger partial charge in [-0.3, -0.25) is 9.59 Å². The number of carbonyl (C=O) groups excluding carboxylic acids is 1. The lowest BCUT2D eigenvalue weighted by Crippen LogP contribution is -2.60. The Kier molecular flexibility index (Phi) is 4.07. The van der Waals surface area contributed by atoms with Crippen molar-refractivity contribution in [1.82, 2.24) is 34.5 Å². The number of nitrogens with zero attached hydrogens (tertiary/aromatic N) is 8. The Morgan fingerprint density at radius 3 is 2.59 bits per heavy atom. The molecule has 0 atom stereocenters. The second-order valence-electron chi connectivity index (χ2n) is 7.80. The molecule has 10 heteroatoms. The van der Waals surface area contributed by atoms with Crippen LogP contribution in [-0.4, -0.2) is 66.6 Å². The Hall–Kier alpha value is -3.30. The fourth-order valence-corrected chi connectivity index (χ4v) is 3.74. The van der Waals surface area contributed by atoms with Crippen LogP contribution in [0.25, 0.3) is 5.65 Å². The molecule has 29 heavy (non-hydrogen) atoms. The van der Waals surface area contributed by atoms with Crippen molar-refractivity contribution in [2.75, 3.05) is 25.0 Å². The number of carbonyl (C=O) groups is 1. The van der Waals surface area contributed by atoms with E-state index in [4.69, 9.17) is 5.10 Å². The lowest BCUT2D eigenvalue weighted by atomic mass is 9.85. The molecule has 150 valence electrons. The number of hydrogen-bond donors (Lipinski definition) is 0. The largest absolute Gasteiger partial charge is 0.351 e. The van der Waals surface area contributed by atoms with Crippen molar-refractivity contribution < 1.29 is 4.79 Å². The third kappa shape index (κ3) is 2.95. The highest BCUT2D eigenvalue weighted by Crippen LogP contribution is 2.35. The first-order valence-electron chi connectivity index (χ1n) is 9.80. The normalized spacial score (nSPS) is 17.2. The van der Waals surface area contributed by atoms with Gasteiger partial charge in [-0.1, -0.05) is 6.42 Å². The van der Waals surface area contributed by atoms with Gasteiger partial charge in [0.1, 0.15) is 11.5 Å². The third-order valence-corrected chi connectivity index (χ3v) is 5.98. The van der Waals surface area contributed by atoms with E-state index in [0.717, 1.165) is 30.1 Å². The molecule has 1 saturated heterocycles. The third-order valence-electron chi connectivity index (χ3n) is 5.98. The van der Waals surface area contributed by atoms with Crippen molar-refractivity contribution in [1.29, 1.82) is 0 Å². The second kappa shape index (κ2) is 6.64. The molecule has 1 amide bonds. The maximum Gasteiger partial charge on any atom is 0.274 e. The van der Waals surface area contributed by atoms with Gasteiger partial charge < -0.3 is 9.80 Å². The molecule has 2 aliphatic rings. The quantitative estimate of drug-likeness (QED) is 0.633. The minimum absolute atomic E-state index is 0.0612. The van der Waals surface area contributed by atoms with Crippen molar-refractivity contribution in [3.05, 3.63) is 46.1 Å². The van der Waals surface area contributed by atoms with Gasteiger partial charge in [-0.2, -0.15) is 9.61 Å². The van der Waals surface area contributed by atoms with Crippen LogP contribution in [0.1, 0.15) is 41.5 Å². The second-order valence-corrected chi connectivity index (χ2v) is 7.80. The minimum atomic E-state index is -0.240. The van der Waals surface area contributed by atoms with Crippen LogP contribution in [0.3, 0.4) is 0 Å². The molecule has 10 nitrogen and oxygen atoms in total. The molecule has 0 aromatic carbocycles.